The van der Waals surface area contributed by atoms with E-state index in [1.807, 2.05) is 30.3 Å². The van der Waals surface area contributed by atoms with E-state index >= 15 is 0 Å². The molecule has 2 amide bonds. The van der Waals surface area contributed by atoms with Crippen molar-refractivity contribution < 1.29 is 9.59 Å². The average molecular weight is 322 g/mol. The lowest BCUT2D eigenvalue weighted by Crippen LogP contribution is -2.36. The Morgan fingerprint density at radius 3 is 2.17 bits per heavy atom. The molecule has 0 heterocycles. The highest BCUT2D eigenvalue weighted by Gasteiger charge is 2.17. The lowest BCUT2D eigenvalue weighted by molar-refractivity contribution is 0.0927. The number of para-hydroxylation sites is 1. The SMILES string of the molecule is O=C(Nc1ccccc1)c1cccc(C(=O)NC2CCCCC2)c1. The highest BCUT2D eigenvalue weighted by atomic mass is 16.2. The molecular weight excluding hydrogens is 300 g/mol. The summed E-state index contributed by atoms with van der Waals surface area (Å²) in [5.74, 6) is -0.315. The second-order valence-electron chi connectivity index (χ2n) is 6.21. The van der Waals surface area contributed by atoms with Crippen LogP contribution < -0.4 is 10.6 Å². The van der Waals surface area contributed by atoms with E-state index in [-0.39, 0.29) is 17.9 Å². The molecule has 2 aromatic carbocycles. The van der Waals surface area contributed by atoms with Crippen LogP contribution in [0.1, 0.15) is 52.8 Å². The Morgan fingerprint density at radius 2 is 1.46 bits per heavy atom. The van der Waals surface area contributed by atoms with Crippen molar-refractivity contribution in [2.45, 2.75) is 38.1 Å². The van der Waals surface area contributed by atoms with E-state index in [0.717, 1.165) is 18.5 Å². The molecule has 2 aromatic rings. The summed E-state index contributed by atoms with van der Waals surface area (Å²) in [5.41, 5.74) is 1.75. The van der Waals surface area contributed by atoms with Gasteiger partial charge in [-0.1, -0.05) is 43.5 Å². The molecule has 4 nitrogen and oxygen atoms in total. The highest BCUT2D eigenvalue weighted by Crippen LogP contribution is 2.18. The smallest absolute Gasteiger partial charge is 0.255 e. The molecule has 0 saturated heterocycles. The molecule has 24 heavy (non-hydrogen) atoms. The Hall–Kier alpha value is -2.62. The number of nitrogens with one attached hydrogen (secondary N) is 2. The monoisotopic (exact) mass is 322 g/mol. The van der Waals surface area contributed by atoms with Crippen molar-refractivity contribution in [3.63, 3.8) is 0 Å². The van der Waals surface area contributed by atoms with Crippen LogP contribution in [0.5, 0.6) is 0 Å². The summed E-state index contributed by atoms with van der Waals surface area (Å²) in [4.78, 5) is 24.7. The second kappa shape index (κ2) is 7.77. The molecule has 124 valence electrons. The first-order chi connectivity index (χ1) is 11.7. The lowest BCUT2D eigenvalue weighted by Gasteiger charge is -2.22. The minimum atomic E-state index is -0.214. The van der Waals surface area contributed by atoms with Gasteiger partial charge in [-0.15, -0.1) is 0 Å². The van der Waals surface area contributed by atoms with Crippen LogP contribution in [0.2, 0.25) is 0 Å². The summed E-state index contributed by atoms with van der Waals surface area (Å²) >= 11 is 0. The first-order valence-electron chi connectivity index (χ1n) is 8.50. The number of hydrogen-bond donors (Lipinski definition) is 2. The molecule has 0 unspecified atom stereocenters. The van der Waals surface area contributed by atoms with Crippen LogP contribution in [-0.4, -0.2) is 17.9 Å². The second-order valence-corrected chi connectivity index (χ2v) is 6.21. The van der Waals surface area contributed by atoms with E-state index < -0.39 is 0 Å². The molecule has 1 aliphatic carbocycles. The van der Waals surface area contributed by atoms with Gasteiger partial charge in [0.25, 0.3) is 11.8 Å². The molecule has 0 aliphatic heterocycles. The molecule has 3 rings (SSSR count). The van der Waals surface area contributed by atoms with Crippen LogP contribution in [-0.2, 0) is 0 Å². The number of carbonyl (C=O) groups is 2. The quantitative estimate of drug-likeness (QED) is 0.894. The van der Waals surface area contributed by atoms with Gasteiger partial charge in [-0.3, -0.25) is 9.59 Å². The molecule has 0 atom stereocenters. The van der Waals surface area contributed by atoms with Gasteiger partial charge in [0, 0.05) is 22.9 Å². The molecule has 4 heteroatoms. The van der Waals surface area contributed by atoms with Crippen LogP contribution >= 0.6 is 0 Å². The summed E-state index contributed by atoms with van der Waals surface area (Å²) < 4.78 is 0. The van der Waals surface area contributed by atoms with Crippen molar-refractivity contribution in [3.8, 4) is 0 Å². The fourth-order valence-corrected chi connectivity index (χ4v) is 3.04. The van der Waals surface area contributed by atoms with E-state index in [9.17, 15) is 9.59 Å². The normalized spacial score (nSPS) is 14.8. The maximum atomic E-state index is 12.4. The van der Waals surface area contributed by atoms with Crippen LogP contribution in [0.3, 0.4) is 0 Å². The number of benzene rings is 2. The Balaban J connectivity index is 1.66. The fourth-order valence-electron chi connectivity index (χ4n) is 3.04. The fraction of sp³-hybridized carbons (Fsp3) is 0.300. The minimum absolute atomic E-state index is 0.101. The maximum absolute atomic E-state index is 12.4. The molecular formula is C20H22N2O2. The molecule has 1 fully saturated rings. The van der Waals surface area contributed by atoms with Gasteiger partial charge in [-0.25, -0.2) is 0 Å². The zero-order valence-corrected chi connectivity index (χ0v) is 13.6. The zero-order valence-electron chi connectivity index (χ0n) is 13.6. The number of rotatable bonds is 4. The Bertz CT molecular complexity index is 707. The van der Waals surface area contributed by atoms with Gasteiger partial charge in [0.15, 0.2) is 0 Å². The molecule has 0 spiro atoms. The average Bonchev–Trinajstić information content (AvgIpc) is 2.63. The van der Waals surface area contributed by atoms with Gasteiger partial charge in [0.1, 0.15) is 0 Å². The third kappa shape index (κ3) is 4.22. The maximum Gasteiger partial charge on any atom is 0.255 e. The van der Waals surface area contributed by atoms with E-state index in [2.05, 4.69) is 10.6 Å². The van der Waals surface area contributed by atoms with Crippen molar-refractivity contribution in [1.29, 1.82) is 0 Å². The first-order valence-corrected chi connectivity index (χ1v) is 8.50. The molecule has 2 N–H and O–H groups in total. The van der Waals surface area contributed by atoms with Gasteiger partial charge >= 0.3 is 0 Å². The van der Waals surface area contributed by atoms with Crippen molar-refractivity contribution in [3.05, 3.63) is 65.7 Å². The van der Waals surface area contributed by atoms with Crippen molar-refractivity contribution in [2.75, 3.05) is 5.32 Å². The number of carbonyl (C=O) groups excluding carboxylic acids is 2. The van der Waals surface area contributed by atoms with E-state index in [0.29, 0.717) is 11.1 Å². The number of hydrogen-bond acceptors (Lipinski definition) is 2. The van der Waals surface area contributed by atoms with Crippen LogP contribution in [0.15, 0.2) is 54.6 Å². The summed E-state index contributed by atoms with van der Waals surface area (Å²) in [6, 6.07) is 16.4. The van der Waals surface area contributed by atoms with Crippen molar-refractivity contribution >= 4 is 17.5 Å². The van der Waals surface area contributed by atoms with Gasteiger partial charge in [0.2, 0.25) is 0 Å². The molecule has 0 bridgehead atoms. The predicted molar refractivity (Wildman–Crippen MR) is 95.2 cm³/mol. The van der Waals surface area contributed by atoms with Gasteiger partial charge in [-0.2, -0.15) is 0 Å². The molecule has 0 radical (unpaired) electrons. The number of amides is 2. The van der Waals surface area contributed by atoms with Crippen LogP contribution in [0.4, 0.5) is 5.69 Å². The Kier molecular flexibility index (Phi) is 5.26. The highest BCUT2D eigenvalue weighted by molar-refractivity contribution is 6.06. The summed E-state index contributed by atoms with van der Waals surface area (Å²) in [5, 5.41) is 5.92. The van der Waals surface area contributed by atoms with E-state index in [4.69, 9.17) is 0 Å². The third-order valence-electron chi connectivity index (χ3n) is 4.36. The van der Waals surface area contributed by atoms with Crippen LogP contribution in [0, 0.1) is 0 Å². The van der Waals surface area contributed by atoms with Crippen LogP contribution in [0.25, 0.3) is 0 Å². The third-order valence-corrected chi connectivity index (χ3v) is 4.36. The first kappa shape index (κ1) is 16.2. The Morgan fingerprint density at radius 1 is 0.792 bits per heavy atom. The Labute approximate surface area is 142 Å². The van der Waals surface area contributed by atoms with Gasteiger partial charge in [-0.05, 0) is 43.2 Å². The standard InChI is InChI=1S/C20H22N2O2/c23-19(21-17-10-3-1-4-11-17)15-8-7-9-16(14-15)20(24)22-18-12-5-2-6-13-18/h1,3-4,7-11,14,18H,2,5-6,12-13H2,(H,21,23)(H,22,24). The molecule has 1 saturated carbocycles. The van der Waals surface area contributed by atoms with Crippen molar-refractivity contribution in [1.82, 2.24) is 5.32 Å². The van der Waals surface area contributed by atoms with Gasteiger partial charge < -0.3 is 10.6 Å². The summed E-state index contributed by atoms with van der Waals surface area (Å²) in [7, 11) is 0. The summed E-state index contributed by atoms with van der Waals surface area (Å²) in [6.07, 6.45) is 5.68. The molecule has 1 aliphatic rings. The summed E-state index contributed by atoms with van der Waals surface area (Å²) in [6.45, 7) is 0. The minimum Gasteiger partial charge on any atom is -0.349 e. The van der Waals surface area contributed by atoms with E-state index in [1.54, 1.807) is 24.3 Å². The zero-order chi connectivity index (χ0) is 16.8. The lowest BCUT2D eigenvalue weighted by atomic mass is 9.95. The molecule has 0 aromatic heterocycles. The van der Waals surface area contributed by atoms with Gasteiger partial charge in [0.05, 0.1) is 0 Å². The topological polar surface area (TPSA) is 58.2 Å². The number of anilines is 1. The van der Waals surface area contributed by atoms with E-state index in [1.165, 1.54) is 19.3 Å². The predicted octanol–water partition coefficient (Wildman–Crippen LogP) is 4.00. The van der Waals surface area contributed by atoms with Crippen molar-refractivity contribution in [2.24, 2.45) is 0 Å². The largest absolute Gasteiger partial charge is 0.349 e.